The van der Waals surface area contributed by atoms with Crippen LogP contribution in [-0.2, 0) is 11.2 Å². The normalized spacial score (nSPS) is 10.7. The van der Waals surface area contributed by atoms with Crippen LogP contribution in [0.2, 0.25) is 5.15 Å². The maximum atomic E-state index is 11.2. The van der Waals surface area contributed by atoms with Crippen molar-refractivity contribution in [2.75, 3.05) is 0 Å². The monoisotopic (exact) mass is 326 g/mol. The van der Waals surface area contributed by atoms with Crippen molar-refractivity contribution in [3.63, 3.8) is 0 Å². The second-order valence-corrected chi connectivity index (χ2v) is 5.31. The molecule has 0 radical (unpaired) electrons. The van der Waals surface area contributed by atoms with Crippen LogP contribution in [0.4, 0.5) is 0 Å². The molecule has 0 spiro atoms. The summed E-state index contributed by atoms with van der Waals surface area (Å²) < 4.78 is 2.56. The molecule has 0 aliphatic rings. The molecule has 3 nitrogen and oxygen atoms in total. The van der Waals surface area contributed by atoms with E-state index in [1.54, 1.807) is 11.6 Å². The lowest BCUT2D eigenvalue weighted by Gasteiger charge is -2.05. The van der Waals surface area contributed by atoms with E-state index in [4.69, 9.17) is 11.6 Å². The van der Waals surface area contributed by atoms with Crippen LogP contribution in [0.25, 0.3) is 5.69 Å². The molecule has 0 bridgehead atoms. The van der Waals surface area contributed by atoms with Crippen LogP contribution in [0.3, 0.4) is 0 Å². The van der Waals surface area contributed by atoms with Crippen LogP contribution in [0.5, 0.6) is 0 Å². The van der Waals surface area contributed by atoms with Crippen molar-refractivity contribution in [1.82, 2.24) is 9.78 Å². The van der Waals surface area contributed by atoms with Gasteiger partial charge < -0.3 is 0 Å². The number of benzene rings is 1. The summed E-state index contributed by atoms with van der Waals surface area (Å²) in [4.78, 5) is 11.2. The maximum absolute atomic E-state index is 11.2. The Morgan fingerprint density at radius 3 is 2.72 bits per heavy atom. The Morgan fingerprint density at radius 1 is 1.44 bits per heavy atom. The molecule has 0 atom stereocenters. The van der Waals surface area contributed by atoms with E-state index in [1.807, 2.05) is 31.2 Å². The van der Waals surface area contributed by atoms with Crippen molar-refractivity contribution in [1.29, 1.82) is 0 Å². The number of halogens is 2. The van der Waals surface area contributed by atoms with Crippen LogP contribution < -0.4 is 0 Å². The summed E-state index contributed by atoms with van der Waals surface area (Å²) in [5.74, 6) is 0.0756. The topological polar surface area (TPSA) is 34.9 Å². The first kappa shape index (κ1) is 13.3. The van der Waals surface area contributed by atoms with Gasteiger partial charge in [0.2, 0.25) is 0 Å². The molecule has 0 amide bonds. The summed E-state index contributed by atoms with van der Waals surface area (Å²) >= 11 is 9.77. The van der Waals surface area contributed by atoms with Crippen LogP contribution in [0.1, 0.15) is 18.2 Å². The summed E-state index contributed by atoms with van der Waals surface area (Å²) in [6, 6.07) is 7.68. The minimum Gasteiger partial charge on any atom is -0.300 e. The molecule has 1 aromatic heterocycles. The number of hydrogen-bond donors (Lipinski definition) is 0. The Bertz CT molecular complexity index is 607. The van der Waals surface area contributed by atoms with Gasteiger partial charge in [-0.25, -0.2) is 4.68 Å². The molecular weight excluding hydrogens is 316 g/mol. The Labute approximate surface area is 119 Å². The first-order chi connectivity index (χ1) is 8.50. The van der Waals surface area contributed by atoms with Gasteiger partial charge in [-0.05, 0) is 41.9 Å². The molecule has 0 fully saturated rings. The summed E-state index contributed by atoms with van der Waals surface area (Å²) in [5.41, 5.74) is 2.44. The molecule has 18 heavy (non-hydrogen) atoms. The molecule has 0 aliphatic carbocycles. The summed E-state index contributed by atoms with van der Waals surface area (Å²) in [6.45, 7) is 3.41. The van der Waals surface area contributed by atoms with Gasteiger partial charge in [0.25, 0.3) is 0 Å². The van der Waals surface area contributed by atoms with Crippen molar-refractivity contribution < 1.29 is 4.79 Å². The molecule has 2 rings (SSSR count). The van der Waals surface area contributed by atoms with E-state index in [0.29, 0.717) is 11.6 Å². The molecule has 0 N–H and O–H groups in total. The average Bonchev–Trinajstić information content (AvgIpc) is 2.57. The number of hydrogen-bond acceptors (Lipinski definition) is 2. The summed E-state index contributed by atoms with van der Waals surface area (Å²) in [7, 11) is 0. The van der Waals surface area contributed by atoms with E-state index < -0.39 is 0 Å². The Kier molecular flexibility index (Phi) is 3.88. The Hall–Kier alpha value is -1.13. The van der Waals surface area contributed by atoms with Crippen LogP contribution in [0, 0.1) is 6.92 Å². The van der Waals surface area contributed by atoms with E-state index in [-0.39, 0.29) is 5.78 Å². The number of ketones is 1. The number of Topliss-reactive ketones (excluding diaryl/α,β-unsaturated/α-hetero) is 1. The second kappa shape index (κ2) is 5.24. The Morgan fingerprint density at radius 2 is 2.11 bits per heavy atom. The zero-order valence-electron chi connectivity index (χ0n) is 10.1. The molecule has 0 saturated carbocycles. The van der Waals surface area contributed by atoms with Crippen molar-refractivity contribution >= 4 is 33.3 Å². The van der Waals surface area contributed by atoms with E-state index in [2.05, 4.69) is 21.0 Å². The molecule has 1 heterocycles. The third-order valence-electron chi connectivity index (χ3n) is 2.63. The van der Waals surface area contributed by atoms with Gasteiger partial charge in [0, 0.05) is 16.5 Å². The Balaban J connectivity index is 2.54. The number of aryl methyl sites for hydroxylation is 1. The molecule has 1 aromatic carbocycles. The van der Waals surface area contributed by atoms with Crippen molar-refractivity contribution in [3.05, 3.63) is 45.1 Å². The van der Waals surface area contributed by atoms with Crippen molar-refractivity contribution in [2.24, 2.45) is 0 Å². The highest BCUT2D eigenvalue weighted by molar-refractivity contribution is 9.10. The van der Waals surface area contributed by atoms with Crippen LogP contribution in [0.15, 0.2) is 28.7 Å². The number of carbonyl (C=O) groups is 1. The van der Waals surface area contributed by atoms with Gasteiger partial charge in [0.15, 0.2) is 0 Å². The fourth-order valence-corrected chi connectivity index (χ4v) is 2.55. The molecule has 5 heteroatoms. The highest BCUT2D eigenvalue weighted by atomic mass is 79.9. The smallest absolute Gasteiger partial charge is 0.136 e. The van der Waals surface area contributed by atoms with Gasteiger partial charge in [-0.15, -0.1) is 0 Å². The lowest BCUT2D eigenvalue weighted by Crippen LogP contribution is -1.99. The van der Waals surface area contributed by atoms with Gasteiger partial charge >= 0.3 is 0 Å². The minimum atomic E-state index is 0.0756. The molecule has 94 valence electrons. The quantitative estimate of drug-likeness (QED) is 0.861. The molecule has 0 saturated heterocycles. The summed E-state index contributed by atoms with van der Waals surface area (Å²) in [6.07, 6.45) is 0.315. The van der Waals surface area contributed by atoms with E-state index in [9.17, 15) is 4.79 Å². The zero-order chi connectivity index (χ0) is 13.3. The van der Waals surface area contributed by atoms with Crippen molar-refractivity contribution in [2.45, 2.75) is 20.3 Å². The molecule has 0 unspecified atom stereocenters. The minimum absolute atomic E-state index is 0.0756. The second-order valence-electron chi connectivity index (χ2n) is 4.10. The number of carbonyl (C=O) groups excluding carboxylic acids is 1. The predicted octanol–water partition coefficient (Wildman–Crippen LogP) is 3.73. The molecule has 0 aliphatic heterocycles. The summed E-state index contributed by atoms with van der Waals surface area (Å²) in [5, 5.41) is 4.89. The first-order valence-corrected chi connectivity index (χ1v) is 6.66. The van der Waals surface area contributed by atoms with Gasteiger partial charge in [-0.1, -0.05) is 23.7 Å². The zero-order valence-corrected chi connectivity index (χ0v) is 12.4. The van der Waals surface area contributed by atoms with E-state index in [1.165, 1.54) is 0 Å². The van der Waals surface area contributed by atoms with Gasteiger partial charge in [0.1, 0.15) is 10.9 Å². The van der Waals surface area contributed by atoms with E-state index in [0.717, 1.165) is 21.4 Å². The number of aromatic nitrogens is 2. The predicted molar refractivity (Wildman–Crippen MR) is 75.4 cm³/mol. The highest BCUT2D eigenvalue weighted by Crippen LogP contribution is 2.28. The van der Waals surface area contributed by atoms with Gasteiger partial charge in [0.05, 0.1) is 11.4 Å². The van der Waals surface area contributed by atoms with E-state index >= 15 is 0 Å². The third-order valence-corrected chi connectivity index (χ3v) is 3.69. The number of rotatable bonds is 3. The largest absolute Gasteiger partial charge is 0.300 e. The maximum Gasteiger partial charge on any atom is 0.136 e. The standard InChI is InChI=1S/C13H12BrClN2O/c1-8(18)7-10-9(2)16-17(13(10)15)12-6-4-3-5-11(12)14/h3-6H,7H2,1-2H3. The SMILES string of the molecule is CC(=O)Cc1c(C)nn(-c2ccccc2Br)c1Cl. The van der Waals surface area contributed by atoms with Crippen molar-refractivity contribution in [3.8, 4) is 5.69 Å². The average molecular weight is 328 g/mol. The van der Waals surface area contributed by atoms with Crippen LogP contribution >= 0.6 is 27.5 Å². The molecular formula is C13H12BrClN2O. The highest BCUT2D eigenvalue weighted by Gasteiger charge is 2.16. The number of nitrogens with zero attached hydrogens (tertiary/aromatic N) is 2. The first-order valence-electron chi connectivity index (χ1n) is 5.49. The fourth-order valence-electron chi connectivity index (χ4n) is 1.76. The lowest BCUT2D eigenvalue weighted by atomic mass is 10.1. The lowest BCUT2D eigenvalue weighted by molar-refractivity contribution is -0.116. The molecule has 2 aromatic rings. The van der Waals surface area contributed by atoms with Gasteiger partial charge in [-0.3, -0.25) is 4.79 Å². The van der Waals surface area contributed by atoms with Crippen LogP contribution in [-0.4, -0.2) is 15.6 Å². The third kappa shape index (κ3) is 2.49. The van der Waals surface area contributed by atoms with Gasteiger partial charge in [-0.2, -0.15) is 5.10 Å². The fraction of sp³-hybridized carbons (Fsp3) is 0.231. The number of para-hydroxylation sites is 1.